The molecular formula is C12H16BrN3O. The van der Waals surface area contributed by atoms with Crippen molar-refractivity contribution < 1.29 is 4.79 Å². The first-order valence-electron chi connectivity index (χ1n) is 5.68. The van der Waals surface area contributed by atoms with Crippen LogP contribution < -0.4 is 11.1 Å². The molecule has 1 aliphatic heterocycles. The van der Waals surface area contributed by atoms with E-state index >= 15 is 0 Å². The number of hydrogen-bond donors (Lipinski definition) is 2. The Kier molecular flexibility index (Phi) is 4.02. The van der Waals surface area contributed by atoms with Crippen LogP contribution in [-0.4, -0.2) is 30.4 Å². The van der Waals surface area contributed by atoms with E-state index < -0.39 is 0 Å². The first-order valence-corrected chi connectivity index (χ1v) is 6.47. The molecule has 0 spiro atoms. The van der Waals surface area contributed by atoms with Gasteiger partial charge in [0.05, 0.1) is 6.54 Å². The Morgan fingerprint density at radius 1 is 1.47 bits per heavy atom. The summed E-state index contributed by atoms with van der Waals surface area (Å²) in [5, 5.41) is 2.86. The van der Waals surface area contributed by atoms with Gasteiger partial charge in [-0.1, -0.05) is 22.0 Å². The minimum atomic E-state index is 0.0955. The van der Waals surface area contributed by atoms with E-state index in [9.17, 15) is 4.79 Å². The molecule has 0 aliphatic carbocycles. The first kappa shape index (κ1) is 12.4. The maximum absolute atomic E-state index is 11.4. The lowest BCUT2D eigenvalue weighted by Gasteiger charge is -2.19. The van der Waals surface area contributed by atoms with Crippen LogP contribution in [0.2, 0.25) is 0 Å². The van der Waals surface area contributed by atoms with Gasteiger partial charge in [-0.3, -0.25) is 9.69 Å². The van der Waals surface area contributed by atoms with E-state index in [4.69, 9.17) is 5.73 Å². The van der Waals surface area contributed by atoms with Crippen molar-refractivity contribution in [1.29, 1.82) is 0 Å². The predicted molar refractivity (Wildman–Crippen MR) is 71.5 cm³/mol. The summed E-state index contributed by atoms with van der Waals surface area (Å²) in [5.41, 5.74) is 7.79. The molecule has 1 aromatic carbocycles. The normalized spacial score (nSPS) is 17.6. The molecule has 0 bridgehead atoms. The number of carbonyl (C=O) groups is 1. The lowest BCUT2D eigenvalue weighted by atomic mass is 10.1. The second kappa shape index (κ2) is 5.51. The fraction of sp³-hybridized carbons (Fsp3) is 0.417. The predicted octanol–water partition coefficient (Wildman–Crippen LogP) is 1.35. The molecule has 1 aromatic rings. The van der Waals surface area contributed by atoms with Crippen LogP contribution in [-0.2, 0) is 11.3 Å². The number of halogens is 1. The summed E-state index contributed by atoms with van der Waals surface area (Å²) in [7, 11) is 0. The Balaban J connectivity index is 2.06. The van der Waals surface area contributed by atoms with Crippen LogP contribution in [0.15, 0.2) is 22.7 Å². The molecule has 1 amide bonds. The van der Waals surface area contributed by atoms with E-state index in [1.165, 1.54) is 0 Å². The molecule has 5 heteroatoms. The zero-order chi connectivity index (χ0) is 12.3. The van der Waals surface area contributed by atoms with Crippen LogP contribution in [0.5, 0.6) is 0 Å². The largest absolute Gasteiger partial charge is 0.398 e. The minimum absolute atomic E-state index is 0.0955. The van der Waals surface area contributed by atoms with E-state index in [2.05, 4.69) is 26.1 Å². The zero-order valence-electron chi connectivity index (χ0n) is 9.58. The molecule has 4 nitrogen and oxygen atoms in total. The molecule has 0 saturated carbocycles. The Morgan fingerprint density at radius 2 is 2.29 bits per heavy atom. The van der Waals surface area contributed by atoms with Gasteiger partial charge in [-0.25, -0.2) is 0 Å². The Bertz CT molecular complexity index is 422. The highest BCUT2D eigenvalue weighted by molar-refractivity contribution is 9.10. The van der Waals surface area contributed by atoms with Gasteiger partial charge in [0.25, 0.3) is 0 Å². The number of nitrogens with two attached hydrogens (primary N) is 1. The maximum atomic E-state index is 11.4. The highest BCUT2D eigenvalue weighted by Gasteiger charge is 2.15. The molecule has 0 atom stereocenters. The molecule has 92 valence electrons. The fourth-order valence-corrected chi connectivity index (χ4v) is 2.33. The molecular weight excluding hydrogens is 282 g/mol. The highest BCUT2D eigenvalue weighted by atomic mass is 79.9. The molecule has 2 rings (SSSR count). The maximum Gasteiger partial charge on any atom is 0.234 e. The van der Waals surface area contributed by atoms with Gasteiger partial charge in [0.15, 0.2) is 0 Å². The number of hydrogen-bond acceptors (Lipinski definition) is 3. The number of nitrogen functional groups attached to an aromatic ring is 1. The van der Waals surface area contributed by atoms with Crippen molar-refractivity contribution in [3.8, 4) is 0 Å². The molecule has 1 fully saturated rings. The summed E-state index contributed by atoms with van der Waals surface area (Å²) < 4.78 is 0.979. The average molecular weight is 298 g/mol. The third-order valence-electron chi connectivity index (χ3n) is 2.84. The van der Waals surface area contributed by atoms with Crippen molar-refractivity contribution in [1.82, 2.24) is 10.2 Å². The van der Waals surface area contributed by atoms with Crippen LogP contribution in [0, 0.1) is 0 Å². The Labute approximate surface area is 109 Å². The van der Waals surface area contributed by atoms with Gasteiger partial charge >= 0.3 is 0 Å². The van der Waals surface area contributed by atoms with Crippen molar-refractivity contribution in [2.24, 2.45) is 0 Å². The van der Waals surface area contributed by atoms with Crippen molar-refractivity contribution in [3.63, 3.8) is 0 Å². The molecule has 0 radical (unpaired) electrons. The molecule has 17 heavy (non-hydrogen) atoms. The molecule has 1 aliphatic rings. The number of benzene rings is 1. The number of nitrogens with zero attached hydrogens (tertiary/aromatic N) is 1. The molecule has 1 saturated heterocycles. The minimum Gasteiger partial charge on any atom is -0.398 e. The monoisotopic (exact) mass is 297 g/mol. The fourth-order valence-electron chi connectivity index (χ4n) is 1.95. The van der Waals surface area contributed by atoms with Gasteiger partial charge in [0.2, 0.25) is 5.91 Å². The molecule has 0 unspecified atom stereocenters. The summed E-state index contributed by atoms with van der Waals surface area (Å²) >= 11 is 3.39. The first-order chi connectivity index (χ1) is 8.15. The second-order valence-electron chi connectivity index (χ2n) is 4.26. The number of carbonyl (C=O) groups excluding carboxylic acids is 1. The van der Waals surface area contributed by atoms with Gasteiger partial charge in [0.1, 0.15) is 0 Å². The second-order valence-corrected chi connectivity index (χ2v) is 5.17. The summed E-state index contributed by atoms with van der Waals surface area (Å²) in [6.45, 7) is 2.88. The molecule has 0 aromatic heterocycles. The summed E-state index contributed by atoms with van der Waals surface area (Å²) in [6, 6.07) is 5.87. The highest BCUT2D eigenvalue weighted by Crippen LogP contribution is 2.20. The molecule has 1 heterocycles. The van der Waals surface area contributed by atoms with Crippen LogP contribution in [0.4, 0.5) is 5.69 Å². The smallest absolute Gasteiger partial charge is 0.234 e. The number of anilines is 1. The molecule has 3 N–H and O–H groups in total. The lowest BCUT2D eigenvalue weighted by Crippen LogP contribution is -2.32. The van der Waals surface area contributed by atoms with Crippen molar-refractivity contribution >= 4 is 27.5 Å². The van der Waals surface area contributed by atoms with Crippen molar-refractivity contribution in [3.05, 3.63) is 28.2 Å². The van der Waals surface area contributed by atoms with Crippen LogP contribution in [0.3, 0.4) is 0 Å². The average Bonchev–Trinajstić information content (AvgIpc) is 2.47. The van der Waals surface area contributed by atoms with E-state index in [0.29, 0.717) is 6.54 Å². The van der Waals surface area contributed by atoms with Crippen LogP contribution in [0.1, 0.15) is 12.0 Å². The van der Waals surface area contributed by atoms with Crippen LogP contribution >= 0.6 is 15.9 Å². The topological polar surface area (TPSA) is 58.4 Å². The quantitative estimate of drug-likeness (QED) is 0.810. The van der Waals surface area contributed by atoms with Gasteiger partial charge < -0.3 is 11.1 Å². The number of nitrogens with one attached hydrogen (secondary N) is 1. The van der Waals surface area contributed by atoms with Gasteiger partial charge in [0, 0.05) is 29.8 Å². The van der Waals surface area contributed by atoms with Crippen molar-refractivity contribution in [2.45, 2.75) is 13.0 Å². The van der Waals surface area contributed by atoms with E-state index in [0.717, 1.165) is 41.8 Å². The van der Waals surface area contributed by atoms with E-state index in [-0.39, 0.29) is 5.91 Å². The number of rotatable bonds is 2. The van der Waals surface area contributed by atoms with E-state index in [1.807, 2.05) is 18.2 Å². The zero-order valence-corrected chi connectivity index (χ0v) is 11.2. The Morgan fingerprint density at radius 3 is 3.06 bits per heavy atom. The van der Waals surface area contributed by atoms with Gasteiger partial charge in [-0.05, 0) is 24.1 Å². The van der Waals surface area contributed by atoms with Gasteiger partial charge in [-0.2, -0.15) is 0 Å². The van der Waals surface area contributed by atoms with E-state index in [1.54, 1.807) is 0 Å². The Hall–Kier alpha value is -1.07. The SMILES string of the molecule is Nc1cc(Br)ccc1CN1CCCNC(=O)C1. The van der Waals surface area contributed by atoms with Crippen LogP contribution in [0.25, 0.3) is 0 Å². The van der Waals surface area contributed by atoms with Crippen molar-refractivity contribution in [2.75, 3.05) is 25.4 Å². The lowest BCUT2D eigenvalue weighted by molar-refractivity contribution is -0.121. The summed E-state index contributed by atoms with van der Waals surface area (Å²) in [6.07, 6.45) is 0.988. The standard InChI is InChI=1S/C12H16BrN3O/c13-10-3-2-9(11(14)6-10)7-16-5-1-4-15-12(17)8-16/h2-3,6H,1,4-5,7-8,14H2,(H,15,17). The van der Waals surface area contributed by atoms with Gasteiger partial charge in [-0.15, -0.1) is 0 Å². The summed E-state index contributed by atoms with van der Waals surface area (Å²) in [5.74, 6) is 0.0955. The third-order valence-corrected chi connectivity index (χ3v) is 3.34. The third kappa shape index (κ3) is 3.44. The summed E-state index contributed by atoms with van der Waals surface area (Å²) in [4.78, 5) is 13.6. The number of amides is 1.